The van der Waals surface area contributed by atoms with E-state index in [0.717, 1.165) is 15.7 Å². The maximum Gasteiger partial charge on any atom is 0.136 e. The molecule has 1 aliphatic rings. The Morgan fingerprint density at radius 2 is 1.50 bits per heavy atom. The van der Waals surface area contributed by atoms with E-state index in [0.29, 0.717) is 5.22 Å². The molecule has 0 N–H and O–H groups in total. The summed E-state index contributed by atoms with van der Waals surface area (Å²) in [5.41, 5.74) is 1.20. The van der Waals surface area contributed by atoms with E-state index in [1.165, 1.54) is 0 Å². The molecule has 0 aromatic heterocycles. The molecule has 0 saturated heterocycles. The van der Waals surface area contributed by atoms with Gasteiger partial charge in [-0.05, 0) is 22.9 Å². The van der Waals surface area contributed by atoms with Crippen molar-refractivity contribution >= 4 is 28.7 Å². The van der Waals surface area contributed by atoms with Crippen LogP contribution in [0.5, 0.6) is 0 Å². The highest BCUT2D eigenvalue weighted by atomic mass is 32.1. The third-order valence-electron chi connectivity index (χ3n) is 2.77. The molecule has 0 aliphatic heterocycles. The van der Waals surface area contributed by atoms with Crippen LogP contribution in [0.25, 0.3) is 11.6 Å². The number of allylic oxidation sites excluding steroid dienone is 6. The standard InChI is InChI=1S/C17H10N2S/c18-11-16(12-19)15-7-3-13(4-8-15)1-2-14-5-9-17(20)10-6-14/h1-10H. The number of nitriles is 2. The van der Waals surface area contributed by atoms with E-state index in [1.54, 1.807) is 12.1 Å². The number of benzene rings is 1. The number of hydrogen-bond donors (Lipinski definition) is 0. The summed E-state index contributed by atoms with van der Waals surface area (Å²) in [5.74, 6) is 0. The van der Waals surface area contributed by atoms with Crippen LogP contribution < -0.4 is 10.4 Å². The molecule has 0 bridgehead atoms. The lowest BCUT2D eigenvalue weighted by molar-refractivity contribution is 1.48. The third-order valence-corrected chi connectivity index (χ3v) is 3.04. The zero-order valence-corrected chi connectivity index (χ0v) is 11.4. The molecule has 2 rings (SSSR count). The zero-order chi connectivity index (χ0) is 14.4. The molecule has 0 radical (unpaired) electrons. The first-order valence-electron chi connectivity index (χ1n) is 5.95. The molecular weight excluding hydrogens is 264 g/mol. The van der Waals surface area contributed by atoms with Gasteiger partial charge < -0.3 is 0 Å². The van der Waals surface area contributed by atoms with Gasteiger partial charge in [0.1, 0.15) is 17.7 Å². The Labute approximate surface area is 122 Å². The van der Waals surface area contributed by atoms with Gasteiger partial charge in [-0.15, -0.1) is 0 Å². The second-order valence-corrected chi connectivity index (χ2v) is 4.59. The van der Waals surface area contributed by atoms with Crippen molar-refractivity contribution in [3.8, 4) is 12.1 Å². The lowest BCUT2D eigenvalue weighted by Crippen LogP contribution is -2.09. The van der Waals surface area contributed by atoms with Crippen LogP contribution in [0.2, 0.25) is 0 Å². The van der Waals surface area contributed by atoms with E-state index in [9.17, 15) is 0 Å². The van der Waals surface area contributed by atoms with Gasteiger partial charge >= 0.3 is 0 Å². The molecule has 0 fully saturated rings. The second kappa shape index (κ2) is 6.43. The van der Waals surface area contributed by atoms with Crippen LogP contribution >= 0.6 is 12.2 Å². The molecule has 1 aliphatic carbocycles. The lowest BCUT2D eigenvalue weighted by Gasteiger charge is -1.98. The van der Waals surface area contributed by atoms with Gasteiger partial charge in [0.25, 0.3) is 0 Å². The van der Waals surface area contributed by atoms with Crippen molar-refractivity contribution in [3.63, 3.8) is 0 Å². The van der Waals surface area contributed by atoms with Crippen LogP contribution in [0, 0.1) is 22.7 Å². The molecule has 0 spiro atoms. The summed E-state index contributed by atoms with van der Waals surface area (Å²) < 4.78 is 0. The van der Waals surface area contributed by atoms with Crippen LogP contribution in [0.15, 0.2) is 60.2 Å². The Bertz CT molecular complexity index is 783. The van der Waals surface area contributed by atoms with Crippen molar-refractivity contribution < 1.29 is 0 Å². The molecule has 94 valence electrons. The SMILES string of the molecule is N#CC(C#N)=c1ccc(=CC=C2C=CC(=S)C=C2)cc1. The first-order valence-corrected chi connectivity index (χ1v) is 6.36. The number of hydrogen-bond acceptors (Lipinski definition) is 3. The summed E-state index contributed by atoms with van der Waals surface area (Å²) in [6.45, 7) is 0. The van der Waals surface area contributed by atoms with Crippen molar-refractivity contribution in [2.24, 2.45) is 0 Å². The fourth-order valence-corrected chi connectivity index (χ4v) is 1.82. The smallest absolute Gasteiger partial charge is 0.136 e. The molecule has 0 atom stereocenters. The second-order valence-electron chi connectivity index (χ2n) is 4.12. The first kappa shape index (κ1) is 13.7. The Morgan fingerprint density at radius 1 is 0.900 bits per heavy atom. The van der Waals surface area contributed by atoms with E-state index in [-0.39, 0.29) is 5.57 Å². The van der Waals surface area contributed by atoms with Gasteiger partial charge in [-0.1, -0.05) is 60.8 Å². The fraction of sp³-hybridized carbons (Fsp3) is 0. The molecule has 0 saturated carbocycles. The Balaban J connectivity index is 2.33. The van der Waals surface area contributed by atoms with Crippen LogP contribution in [-0.4, -0.2) is 4.86 Å². The van der Waals surface area contributed by atoms with E-state index in [4.69, 9.17) is 22.7 Å². The number of thiocarbonyl (C=S) groups is 1. The lowest BCUT2D eigenvalue weighted by atomic mass is 10.1. The summed E-state index contributed by atoms with van der Waals surface area (Å²) in [4.78, 5) is 0.822. The fourth-order valence-electron chi connectivity index (χ4n) is 1.69. The minimum Gasteiger partial charge on any atom is -0.192 e. The summed E-state index contributed by atoms with van der Waals surface area (Å²) in [5, 5.41) is 19.2. The number of rotatable bonds is 1. The van der Waals surface area contributed by atoms with Crippen molar-refractivity contribution in [1.29, 1.82) is 10.5 Å². The van der Waals surface area contributed by atoms with Gasteiger partial charge in [-0.25, -0.2) is 0 Å². The zero-order valence-electron chi connectivity index (χ0n) is 10.6. The highest BCUT2D eigenvalue weighted by molar-refractivity contribution is 7.81. The van der Waals surface area contributed by atoms with E-state index in [2.05, 4.69) is 0 Å². The van der Waals surface area contributed by atoms with Gasteiger partial charge in [0.2, 0.25) is 0 Å². The predicted octanol–water partition coefficient (Wildman–Crippen LogP) is 2.09. The minimum absolute atomic E-state index is 0.126. The summed E-state index contributed by atoms with van der Waals surface area (Å²) >= 11 is 5.03. The van der Waals surface area contributed by atoms with Crippen LogP contribution in [-0.2, 0) is 0 Å². The quantitative estimate of drug-likeness (QED) is 0.737. The van der Waals surface area contributed by atoms with Crippen molar-refractivity contribution in [1.82, 2.24) is 0 Å². The summed E-state index contributed by atoms with van der Waals surface area (Å²) in [6, 6.07) is 11.1. The van der Waals surface area contributed by atoms with Gasteiger partial charge in [-0.3, -0.25) is 0 Å². The monoisotopic (exact) mass is 274 g/mol. The molecule has 0 unspecified atom stereocenters. The van der Waals surface area contributed by atoms with Crippen molar-refractivity contribution in [2.45, 2.75) is 0 Å². The maximum absolute atomic E-state index is 8.79. The minimum atomic E-state index is 0.126. The van der Waals surface area contributed by atoms with Gasteiger partial charge in [0.15, 0.2) is 0 Å². The largest absolute Gasteiger partial charge is 0.192 e. The molecule has 0 amide bonds. The summed E-state index contributed by atoms with van der Waals surface area (Å²) in [7, 11) is 0. The summed E-state index contributed by atoms with van der Waals surface area (Å²) in [6.07, 6.45) is 11.7. The molecular formula is C17H10N2S. The molecule has 20 heavy (non-hydrogen) atoms. The Hall–Kier alpha value is -2.75. The highest BCUT2D eigenvalue weighted by Gasteiger charge is 1.94. The highest BCUT2D eigenvalue weighted by Crippen LogP contribution is 2.06. The molecule has 1 aromatic carbocycles. The van der Waals surface area contributed by atoms with Crippen molar-refractivity contribution in [2.75, 3.05) is 0 Å². The maximum atomic E-state index is 8.79. The van der Waals surface area contributed by atoms with Crippen LogP contribution in [0.1, 0.15) is 0 Å². The average molecular weight is 274 g/mol. The molecule has 1 aromatic rings. The van der Waals surface area contributed by atoms with E-state index >= 15 is 0 Å². The predicted molar refractivity (Wildman–Crippen MR) is 83.8 cm³/mol. The topological polar surface area (TPSA) is 47.6 Å². The Kier molecular flexibility index (Phi) is 4.39. The average Bonchev–Trinajstić information content (AvgIpc) is 2.49. The van der Waals surface area contributed by atoms with Gasteiger partial charge in [0, 0.05) is 10.1 Å². The third kappa shape index (κ3) is 3.38. The molecule has 2 nitrogen and oxygen atoms in total. The van der Waals surface area contributed by atoms with Gasteiger partial charge in [-0.2, -0.15) is 10.5 Å². The van der Waals surface area contributed by atoms with Crippen molar-refractivity contribution in [3.05, 3.63) is 70.7 Å². The van der Waals surface area contributed by atoms with E-state index < -0.39 is 0 Å². The van der Waals surface area contributed by atoms with Crippen LogP contribution in [0.4, 0.5) is 0 Å². The normalized spacial score (nSPS) is 12.5. The van der Waals surface area contributed by atoms with E-state index in [1.807, 2.05) is 60.7 Å². The number of nitrogens with zero attached hydrogens (tertiary/aromatic N) is 2. The molecule has 0 heterocycles. The van der Waals surface area contributed by atoms with Gasteiger partial charge in [0.05, 0.1) is 0 Å². The Morgan fingerprint density at radius 3 is 2.05 bits per heavy atom. The molecule has 3 heteroatoms. The first-order chi connectivity index (χ1) is 9.72. The van der Waals surface area contributed by atoms with Crippen LogP contribution in [0.3, 0.4) is 0 Å².